The quantitative estimate of drug-likeness (QED) is 0.156. The minimum atomic E-state index is -1.64. The Hall–Kier alpha value is -4.96. The van der Waals surface area contributed by atoms with Crippen LogP contribution in [0.3, 0.4) is 0 Å². The Morgan fingerprint density at radius 3 is 2.06 bits per heavy atom. The molecule has 2 aromatic heterocycles. The molecule has 0 fully saturated rings. The summed E-state index contributed by atoms with van der Waals surface area (Å²) < 4.78 is 49.0. The van der Waals surface area contributed by atoms with E-state index in [9.17, 15) is 4.39 Å². The van der Waals surface area contributed by atoms with Crippen molar-refractivity contribution in [1.82, 2.24) is 14.5 Å². The molecule has 2 heterocycles. The van der Waals surface area contributed by atoms with E-state index in [0.29, 0.717) is 11.1 Å². The molecular weight excluding hydrogens is 794 g/mol. The molecule has 0 aliphatic rings. The molecule has 0 unspecified atom stereocenters. The second-order valence-corrected chi connectivity index (χ2v) is 12.8. The number of benzene rings is 5. The maximum absolute atomic E-state index is 13.0. The van der Waals surface area contributed by atoms with E-state index in [1.165, 1.54) is 23.3 Å². The van der Waals surface area contributed by atoms with Gasteiger partial charge in [-0.1, -0.05) is 93.5 Å². The molecule has 0 saturated carbocycles. The Bertz CT molecular complexity index is 2310. The zero-order valence-corrected chi connectivity index (χ0v) is 31.1. The van der Waals surface area contributed by atoms with Crippen molar-refractivity contribution >= 4 is 0 Å². The van der Waals surface area contributed by atoms with Gasteiger partial charge in [-0.15, -0.1) is 65.7 Å². The van der Waals surface area contributed by atoms with Crippen molar-refractivity contribution < 1.29 is 30.0 Å². The fourth-order valence-electron chi connectivity index (χ4n) is 5.61. The van der Waals surface area contributed by atoms with E-state index in [4.69, 9.17) is 5.48 Å². The maximum Gasteiger partial charge on any atom is 0.0629 e. The molecule has 253 valence electrons. The van der Waals surface area contributed by atoms with Crippen molar-refractivity contribution in [3.8, 4) is 50.6 Å². The molecule has 5 heteroatoms. The van der Waals surface area contributed by atoms with Crippen LogP contribution in [0.1, 0.15) is 42.9 Å². The van der Waals surface area contributed by atoms with Crippen LogP contribution in [0.25, 0.3) is 50.6 Å². The second kappa shape index (κ2) is 16.2. The number of halogens is 1. The van der Waals surface area contributed by atoms with Gasteiger partial charge in [0.25, 0.3) is 0 Å². The summed E-state index contributed by atoms with van der Waals surface area (Å²) >= 11 is 0. The smallest absolute Gasteiger partial charge is 0.0629 e. The Balaban J connectivity index is 0.000000228. The summed E-state index contributed by atoms with van der Waals surface area (Å²) in [4.78, 5) is 8.84. The molecule has 50 heavy (non-hydrogen) atoms. The molecule has 0 aliphatic heterocycles. The summed E-state index contributed by atoms with van der Waals surface area (Å²) in [6.07, 6.45) is 3.81. The van der Waals surface area contributed by atoms with Crippen LogP contribution in [-0.4, -0.2) is 14.5 Å². The van der Waals surface area contributed by atoms with Crippen molar-refractivity contribution in [1.29, 1.82) is 0 Å². The number of para-hydroxylation sites is 1. The van der Waals surface area contributed by atoms with Crippen LogP contribution in [0.15, 0.2) is 140 Å². The molecule has 0 bridgehead atoms. The first-order valence-electron chi connectivity index (χ1n) is 18.2. The van der Waals surface area contributed by atoms with Crippen molar-refractivity contribution in [3.63, 3.8) is 0 Å². The van der Waals surface area contributed by atoms with Crippen LogP contribution < -0.4 is 0 Å². The van der Waals surface area contributed by atoms with E-state index in [1.54, 1.807) is 30.6 Å². The van der Waals surface area contributed by atoms with Gasteiger partial charge in [-0.3, -0.25) is 9.37 Å². The first-order chi connectivity index (χ1) is 25.2. The summed E-state index contributed by atoms with van der Waals surface area (Å²) in [7, 11) is 0. The predicted octanol–water partition coefficient (Wildman–Crippen LogP) is 11.6. The molecule has 0 aliphatic carbocycles. The minimum absolute atomic E-state index is 0. The summed E-state index contributed by atoms with van der Waals surface area (Å²) in [6, 6.07) is 39.7. The number of aryl methyl sites for hydroxylation is 2. The Labute approximate surface area is 314 Å². The van der Waals surface area contributed by atoms with Gasteiger partial charge in [-0.25, -0.2) is 0 Å². The van der Waals surface area contributed by atoms with Gasteiger partial charge >= 0.3 is 0 Å². The number of pyridine rings is 1. The molecule has 0 amide bonds. The number of aromatic nitrogens is 3. The predicted molar refractivity (Wildman–Crippen MR) is 200 cm³/mol. The Kier molecular flexibility index (Phi) is 10.0. The number of imidazole rings is 1. The minimum Gasteiger partial charge on any atom is -0.340 e. The van der Waals surface area contributed by atoms with Gasteiger partial charge in [0.1, 0.15) is 0 Å². The van der Waals surface area contributed by atoms with E-state index in [-0.39, 0.29) is 38.0 Å². The van der Waals surface area contributed by atoms with Crippen LogP contribution in [0.2, 0.25) is 0 Å². The summed E-state index contributed by atoms with van der Waals surface area (Å²) in [5.41, 5.74) is 9.04. The zero-order chi connectivity index (χ0) is 37.9. The van der Waals surface area contributed by atoms with Gasteiger partial charge in [0, 0.05) is 52.9 Å². The van der Waals surface area contributed by atoms with Gasteiger partial charge in [-0.05, 0) is 76.3 Å². The molecule has 5 aromatic carbocycles. The standard InChI is InChI=1S/C28H26N.C17H14FN2.Ir/c1-28(2,3)20-21-9-11-22(12-10-21)23-13-15-24(16-14-23)26-17-18-29-27(19-26)25-7-5-4-6-8-25;1-12-4-3-5-13(2)16(12)20-11-10-19-17(20)14-6-8-15(18)9-7-14;/h4-7,9-19H,20H2,1-3H3;3-6,8-11H,1-2H3;/q2*-1;/i11D,12D,20D2;;. The molecule has 7 rings (SSSR count). The first-order valence-corrected chi connectivity index (χ1v) is 16.2. The molecule has 0 saturated heterocycles. The maximum atomic E-state index is 13.0. The van der Waals surface area contributed by atoms with Gasteiger partial charge < -0.3 is 9.55 Å². The van der Waals surface area contributed by atoms with Gasteiger partial charge in [-0.2, -0.15) is 0 Å². The monoisotopic (exact) mass is 838 g/mol. The Morgan fingerprint density at radius 1 is 0.740 bits per heavy atom. The summed E-state index contributed by atoms with van der Waals surface area (Å²) in [5.74, 6) is 0.473. The first kappa shape index (κ1) is 31.1. The van der Waals surface area contributed by atoms with Crippen molar-refractivity contribution in [2.75, 3.05) is 0 Å². The van der Waals surface area contributed by atoms with E-state index in [1.807, 2.05) is 98.3 Å². The third kappa shape index (κ3) is 8.98. The number of hydrogen-bond acceptors (Lipinski definition) is 2. The van der Waals surface area contributed by atoms with E-state index in [2.05, 4.69) is 48.1 Å². The normalized spacial score (nSPS) is 12.4. The molecular formula is C45H40FIrN3-2. The zero-order valence-electron chi connectivity index (χ0n) is 32.7. The third-order valence-corrected chi connectivity index (χ3v) is 7.85. The fraction of sp³-hybridized carbons (Fsp3) is 0.156. The van der Waals surface area contributed by atoms with Gasteiger partial charge in [0.2, 0.25) is 0 Å². The van der Waals surface area contributed by atoms with Gasteiger partial charge in [0.05, 0.1) is 8.57 Å². The van der Waals surface area contributed by atoms with Crippen molar-refractivity contribution in [2.24, 2.45) is 5.41 Å². The largest absolute Gasteiger partial charge is 0.340 e. The molecule has 3 nitrogen and oxygen atoms in total. The van der Waals surface area contributed by atoms with Gasteiger partial charge in [0.15, 0.2) is 0 Å². The van der Waals surface area contributed by atoms with Crippen LogP contribution >= 0.6 is 0 Å². The van der Waals surface area contributed by atoms with Crippen LogP contribution in [-0.2, 0) is 26.5 Å². The molecule has 7 aromatic rings. The van der Waals surface area contributed by atoms with Crippen molar-refractivity contribution in [2.45, 2.75) is 41.0 Å². The third-order valence-electron chi connectivity index (χ3n) is 7.85. The van der Waals surface area contributed by atoms with E-state index >= 15 is 0 Å². The second-order valence-electron chi connectivity index (χ2n) is 12.8. The topological polar surface area (TPSA) is 30.7 Å². The summed E-state index contributed by atoms with van der Waals surface area (Å²) in [5, 5.41) is 0. The molecule has 1 radical (unpaired) electrons. The van der Waals surface area contributed by atoms with E-state index < -0.39 is 11.8 Å². The van der Waals surface area contributed by atoms with Crippen LogP contribution in [0.5, 0.6) is 0 Å². The number of rotatable bonds is 6. The fourth-order valence-corrected chi connectivity index (χ4v) is 5.61. The van der Waals surface area contributed by atoms with E-state index in [0.717, 1.165) is 45.0 Å². The SMILES string of the molecule is Cc1cccc(C)c1-n1ccnc1-c1[c-]cc(F)cc1.[2H]c1cc(C([2H])([2H])C(C)(C)C)cc([2H])c1-c1ccc(-c2ccnc(-c3[c-]cccc3)c2)cc1.[Ir]. The molecule has 0 atom stereocenters. The van der Waals surface area contributed by atoms with Crippen molar-refractivity contribution in [3.05, 3.63) is 175 Å². The average Bonchev–Trinajstić information content (AvgIpc) is 3.61. The average molecular weight is 838 g/mol. The Morgan fingerprint density at radius 2 is 1.44 bits per heavy atom. The number of nitrogens with zero attached hydrogens (tertiary/aromatic N) is 3. The molecule has 0 spiro atoms. The van der Waals surface area contributed by atoms with Crippen LogP contribution in [0.4, 0.5) is 4.39 Å². The number of hydrogen-bond donors (Lipinski definition) is 0. The summed E-state index contributed by atoms with van der Waals surface area (Å²) in [6.45, 7) is 9.62. The molecule has 0 N–H and O–H groups in total. The van der Waals surface area contributed by atoms with Crippen LogP contribution in [0, 0.1) is 37.2 Å².